The number of pyridine rings is 1. The number of hydrogen-bond acceptors (Lipinski definition) is 4. The molecule has 0 unspecified atom stereocenters. The van der Waals surface area contributed by atoms with Crippen molar-refractivity contribution in [3.63, 3.8) is 0 Å². The minimum atomic E-state index is -0.260. The summed E-state index contributed by atoms with van der Waals surface area (Å²) < 4.78 is 5.44. The zero-order chi connectivity index (χ0) is 18.8. The molecule has 0 saturated carbocycles. The van der Waals surface area contributed by atoms with Gasteiger partial charge in [-0.25, -0.2) is 0 Å². The number of fused-ring (bicyclic) bond motifs is 1. The molecule has 0 atom stereocenters. The van der Waals surface area contributed by atoms with E-state index in [4.69, 9.17) is 4.74 Å². The molecule has 138 valence electrons. The second kappa shape index (κ2) is 7.15. The van der Waals surface area contributed by atoms with Crippen molar-refractivity contribution >= 4 is 22.5 Å². The summed E-state index contributed by atoms with van der Waals surface area (Å²) >= 11 is 0. The van der Waals surface area contributed by atoms with Crippen LogP contribution in [0.25, 0.3) is 10.9 Å². The van der Waals surface area contributed by atoms with Crippen LogP contribution in [0.3, 0.4) is 0 Å². The number of rotatable bonds is 3. The topological polar surface area (TPSA) is 65.6 Å². The molecule has 3 aromatic rings. The van der Waals surface area contributed by atoms with Crippen molar-refractivity contribution in [3.8, 4) is 5.75 Å². The summed E-state index contributed by atoms with van der Waals surface area (Å²) in [5.74, 6) is 0.731. The molecule has 0 bridgehead atoms. The van der Waals surface area contributed by atoms with Gasteiger partial charge in [-0.1, -0.05) is 30.3 Å². The molecule has 1 fully saturated rings. The van der Waals surface area contributed by atoms with E-state index in [-0.39, 0.29) is 11.5 Å². The molecule has 6 heteroatoms. The van der Waals surface area contributed by atoms with E-state index in [0.717, 1.165) is 16.8 Å². The highest BCUT2D eigenvalue weighted by molar-refractivity contribution is 6.06. The first-order valence-corrected chi connectivity index (χ1v) is 8.96. The summed E-state index contributed by atoms with van der Waals surface area (Å²) in [6.07, 6.45) is 0. The molecule has 1 N–H and O–H groups in total. The number of H-pyrrole nitrogens is 1. The number of carbonyl (C=O) groups is 1. The van der Waals surface area contributed by atoms with Crippen LogP contribution in [0, 0.1) is 0 Å². The molecular weight excluding hydrogens is 342 g/mol. The minimum absolute atomic E-state index is 0.100. The van der Waals surface area contributed by atoms with Crippen molar-refractivity contribution in [1.82, 2.24) is 9.88 Å². The van der Waals surface area contributed by atoms with Crippen LogP contribution in [0.4, 0.5) is 5.69 Å². The Morgan fingerprint density at radius 1 is 1.00 bits per heavy atom. The van der Waals surface area contributed by atoms with Crippen LogP contribution in [0.2, 0.25) is 0 Å². The molecule has 2 heterocycles. The maximum atomic E-state index is 13.1. The summed E-state index contributed by atoms with van der Waals surface area (Å²) in [6, 6.07) is 16.7. The zero-order valence-electron chi connectivity index (χ0n) is 15.1. The number of nitrogens with one attached hydrogen (secondary N) is 1. The van der Waals surface area contributed by atoms with Crippen molar-refractivity contribution in [2.45, 2.75) is 0 Å². The lowest BCUT2D eigenvalue weighted by atomic mass is 10.1. The molecule has 1 saturated heterocycles. The highest BCUT2D eigenvalue weighted by Gasteiger charge is 2.25. The predicted molar refractivity (Wildman–Crippen MR) is 106 cm³/mol. The number of hydrogen-bond donors (Lipinski definition) is 1. The van der Waals surface area contributed by atoms with Crippen LogP contribution in [-0.4, -0.2) is 49.1 Å². The van der Waals surface area contributed by atoms with Gasteiger partial charge in [0, 0.05) is 43.1 Å². The number of piperazine rings is 1. The van der Waals surface area contributed by atoms with Gasteiger partial charge in [-0.15, -0.1) is 0 Å². The highest BCUT2D eigenvalue weighted by Crippen LogP contribution is 2.28. The van der Waals surface area contributed by atoms with Gasteiger partial charge in [0.05, 0.1) is 18.4 Å². The number of methoxy groups -OCH3 is 1. The third-order valence-corrected chi connectivity index (χ3v) is 4.97. The van der Waals surface area contributed by atoms with E-state index >= 15 is 0 Å². The molecule has 0 radical (unpaired) electrons. The Morgan fingerprint density at radius 3 is 2.48 bits per heavy atom. The Hall–Kier alpha value is -3.28. The van der Waals surface area contributed by atoms with E-state index in [1.54, 1.807) is 7.11 Å². The van der Waals surface area contributed by atoms with Gasteiger partial charge in [0.25, 0.3) is 5.91 Å². The van der Waals surface area contributed by atoms with Crippen molar-refractivity contribution in [3.05, 3.63) is 70.5 Å². The first kappa shape index (κ1) is 17.1. The Bertz CT molecular complexity index is 1040. The van der Waals surface area contributed by atoms with Crippen LogP contribution < -0.4 is 15.2 Å². The van der Waals surface area contributed by atoms with Crippen molar-refractivity contribution in [1.29, 1.82) is 0 Å². The lowest BCUT2D eigenvalue weighted by molar-refractivity contribution is 0.0748. The number of amides is 1. The number of aromatic amines is 1. The fraction of sp³-hybridized carbons (Fsp3) is 0.238. The Morgan fingerprint density at radius 2 is 1.70 bits per heavy atom. The van der Waals surface area contributed by atoms with Gasteiger partial charge in [0.1, 0.15) is 5.75 Å². The molecule has 6 nitrogen and oxygen atoms in total. The lowest BCUT2D eigenvalue weighted by Crippen LogP contribution is -2.49. The van der Waals surface area contributed by atoms with Gasteiger partial charge in [-0.2, -0.15) is 0 Å². The standard InChI is InChI=1S/C21H21N3O3/c1-27-19-9-5-4-8-18(19)23-10-12-24(13-11-23)21(26)16-14-20(25)22-17-7-3-2-6-15(16)17/h2-9,14H,10-13H2,1H3,(H,22,25). The molecule has 4 rings (SSSR count). The van der Waals surface area contributed by atoms with Gasteiger partial charge in [-0.05, 0) is 18.2 Å². The number of benzene rings is 2. The van der Waals surface area contributed by atoms with E-state index in [2.05, 4.69) is 9.88 Å². The van der Waals surface area contributed by atoms with Gasteiger partial charge in [0.2, 0.25) is 5.56 Å². The third-order valence-electron chi connectivity index (χ3n) is 4.97. The van der Waals surface area contributed by atoms with Gasteiger partial charge < -0.3 is 19.5 Å². The fourth-order valence-corrected chi connectivity index (χ4v) is 3.59. The largest absolute Gasteiger partial charge is 0.495 e. The second-order valence-electron chi connectivity index (χ2n) is 6.54. The second-order valence-corrected chi connectivity index (χ2v) is 6.54. The number of anilines is 1. The molecule has 27 heavy (non-hydrogen) atoms. The number of ether oxygens (including phenoxy) is 1. The summed E-state index contributed by atoms with van der Waals surface area (Å²) in [6.45, 7) is 2.62. The molecular formula is C21H21N3O3. The highest BCUT2D eigenvalue weighted by atomic mass is 16.5. The molecule has 0 spiro atoms. The van der Waals surface area contributed by atoms with Crippen molar-refractivity contribution in [2.75, 3.05) is 38.2 Å². The van der Waals surface area contributed by atoms with E-state index in [1.807, 2.05) is 53.4 Å². The molecule has 1 aliphatic rings. The summed E-state index contributed by atoms with van der Waals surface area (Å²) in [4.78, 5) is 31.8. The predicted octanol–water partition coefficient (Wildman–Crippen LogP) is 2.50. The van der Waals surface area contributed by atoms with Gasteiger partial charge >= 0.3 is 0 Å². The first-order valence-electron chi connectivity index (χ1n) is 8.96. The number of nitrogens with zero attached hydrogens (tertiary/aromatic N) is 2. The summed E-state index contributed by atoms with van der Waals surface area (Å²) in [7, 11) is 1.66. The van der Waals surface area contributed by atoms with E-state index in [1.165, 1.54) is 6.07 Å². The number of carbonyl (C=O) groups excluding carboxylic acids is 1. The number of para-hydroxylation sites is 3. The van der Waals surface area contributed by atoms with E-state index in [9.17, 15) is 9.59 Å². The minimum Gasteiger partial charge on any atom is -0.495 e. The van der Waals surface area contributed by atoms with Crippen LogP contribution in [-0.2, 0) is 0 Å². The Labute approximate surface area is 157 Å². The Kier molecular flexibility index (Phi) is 4.54. The van der Waals surface area contributed by atoms with Gasteiger partial charge in [-0.3, -0.25) is 9.59 Å². The third kappa shape index (κ3) is 3.26. The van der Waals surface area contributed by atoms with Crippen LogP contribution in [0.1, 0.15) is 10.4 Å². The molecule has 0 aliphatic carbocycles. The Balaban J connectivity index is 1.55. The first-order chi connectivity index (χ1) is 13.2. The fourth-order valence-electron chi connectivity index (χ4n) is 3.59. The van der Waals surface area contributed by atoms with Crippen LogP contribution >= 0.6 is 0 Å². The maximum Gasteiger partial charge on any atom is 0.254 e. The van der Waals surface area contributed by atoms with Crippen LogP contribution in [0.5, 0.6) is 5.75 Å². The SMILES string of the molecule is COc1ccccc1N1CCN(C(=O)c2cc(=O)[nH]c3ccccc23)CC1. The van der Waals surface area contributed by atoms with Crippen LogP contribution in [0.15, 0.2) is 59.4 Å². The normalized spacial score (nSPS) is 14.4. The van der Waals surface area contributed by atoms with Gasteiger partial charge in [0.15, 0.2) is 0 Å². The average Bonchev–Trinajstić information content (AvgIpc) is 2.72. The lowest BCUT2D eigenvalue weighted by Gasteiger charge is -2.36. The summed E-state index contributed by atoms with van der Waals surface area (Å²) in [5.41, 5.74) is 1.92. The maximum absolute atomic E-state index is 13.1. The smallest absolute Gasteiger partial charge is 0.254 e. The zero-order valence-corrected chi connectivity index (χ0v) is 15.1. The van der Waals surface area contributed by atoms with Crippen molar-refractivity contribution in [2.24, 2.45) is 0 Å². The molecule has 1 aliphatic heterocycles. The molecule has 1 amide bonds. The molecule has 2 aromatic carbocycles. The molecule has 1 aromatic heterocycles. The van der Waals surface area contributed by atoms with E-state index in [0.29, 0.717) is 37.3 Å². The quantitative estimate of drug-likeness (QED) is 0.777. The average molecular weight is 363 g/mol. The monoisotopic (exact) mass is 363 g/mol. The van der Waals surface area contributed by atoms with Crippen molar-refractivity contribution < 1.29 is 9.53 Å². The van der Waals surface area contributed by atoms with E-state index < -0.39 is 0 Å². The summed E-state index contributed by atoms with van der Waals surface area (Å²) in [5, 5.41) is 0.772. The number of aromatic nitrogens is 1.